The van der Waals surface area contributed by atoms with Crippen LogP contribution in [0.3, 0.4) is 0 Å². The number of aryl methyl sites for hydroxylation is 1. The summed E-state index contributed by atoms with van der Waals surface area (Å²) in [5, 5.41) is 20.9. The van der Waals surface area contributed by atoms with Gasteiger partial charge in [0, 0.05) is 18.7 Å². The molecule has 156 valence electrons. The molecule has 1 aliphatic carbocycles. The van der Waals surface area contributed by atoms with Crippen molar-refractivity contribution in [2.75, 3.05) is 0 Å². The monoisotopic (exact) mass is 425 g/mol. The Balaban J connectivity index is 1.25. The fourth-order valence-electron chi connectivity index (χ4n) is 3.89. The molecule has 30 heavy (non-hydrogen) atoms. The predicted octanol–water partition coefficient (Wildman–Crippen LogP) is 3.33. The number of benzene rings is 1. The molecule has 2 heterocycles. The first-order valence-corrected chi connectivity index (χ1v) is 10.9. The molecule has 0 atom stereocenters. The second-order valence-electron chi connectivity index (χ2n) is 7.48. The van der Waals surface area contributed by atoms with Crippen LogP contribution in [0, 0.1) is 0 Å². The fourth-order valence-corrected chi connectivity index (χ4v) is 4.46. The molecular formula is C21H23N5O3S. The number of carbonyl (C=O) groups is 2. The molecule has 1 amide bonds. The summed E-state index contributed by atoms with van der Waals surface area (Å²) < 4.78 is 1.93. The molecule has 0 unspecified atom stereocenters. The molecule has 3 aromatic rings. The molecule has 0 saturated heterocycles. The molecule has 2 N–H and O–H groups in total. The minimum absolute atomic E-state index is 0.0353. The van der Waals surface area contributed by atoms with E-state index in [9.17, 15) is 14.7 Å². The first kappa shape index (κ1) is 20.2. The van der Waals surface area contributed by atoms with E-state index in [2.05, 4.69) is 20.6 Å². The Labute approximate surface area is 178 Å². The number of carboxylic acid groups (broad SMARTS) is 1. The summed E-state index contributed by atoms with van der Waals surface area (Å²) in [6, 6.07) is 7.26. The van der Waals surface area contributed by atoms with Crippen molar-refractivity contribution in [3.63, 3.8) is 0 Å². The lowest BCUT2D eigenvalue weighted by Crippen LogP contribution is -2.38. The van der Waals surface area contributed by atoms with Gasteiger partial charge in [-0.2, -0.15) is 0 Å². The maximum absolute atomic E-state index is 12.4. The molecule has 2 aromatic heterocycles. The van der Waals surface area contributed by atoms with Crippen molar-refractivity contribution < 1.29 is 14.7 Å². The number of rotatable bonds is 7. The van der Waals surface area contributed by atoms with Crippen molar-refractivity contribution in [1.82, 2.24) is 25.3 Å². The molecule has 8 nitrogen and oxygen atoms in total. The van der Waals surface area contributed by atoms with Gasteiger partial charge in [-0.3, -0.25) is 9.78 Å². The van der Waals surface area contributed by atoms with Gasteiger partial charge in [-0.15, -0.1) is 16.4 Å². The zero-order valence-electron chi connectivity index (χ0n) is 16.4. The third kappa shape index (κ3) is 4.73. The molecular weight excluding hydrogens is 402 g/mol. The number of carbonyl (C=O) groups excluding carboxylic acids is 1. The van der Waals surface area contributed by atoms with Gasteiger partial charge in [-0.05, 0) is 43.7 Å². The van der Waals surface area contributed by atoms with Gasteiger partial charge in [-0.1, -0.05) is 23.4 Å². The Bertz CT molecular complexity index is 1010. The van der Waals surface area contributed by atoms with E-state index in [-0.39, 0.29) is 30.0 Å². The van der Waals surface area contributed by atoms with Crippen molar-refractivity contribution in [2.45, 2.75) is 50.6 Å². The summed E-state index contributed by atoms with van der Waals surface area (Å²) in [5.41, 5.74) is 3.57. The first-order valence-electron chi connectivity index (χ1n) is 10.0. The highest BCUT2D eigenvalue weighted by Gasteiger charge is 2.24. The van der Waals surface area contributed by atoms with Crippen LogP contribution in [0.5, 0.6) is 0 Å². The van der Waals surface area contributed by atoms with E-state index in [1.807, 2.05) is 10.9 Å². The van der Waals surface area contributed by atoms with Gasteiger partial charge >= 0.3 is 5.97 Å². The highest BCUT2D eigenvalue weighted by atomic mass is 32.1. The van der Waals surface area contributed by atoms with Gasteiger partial charge in [0.15, 0.2) is 0 Å². The van der Waals surface area contributed by atoms with Crippen molar-refractivity contribution in [3.8, 4) is 10.6 Å². The predicted molar refractivity (Wildman–Crippen MR) is 112 cm³/mol. The quantitative estimate of drug-likeness (QED) is 0.601. The van der Waals surface area contributed by atoms with E-state index in [4.69, 9.17) is 0 Å². The number of hydrogen-bond acceptors (Lipinski definition) is 6. The van der Waals surface area contributed by atoms with E-state index < -0.39 is 5.97 Å². The minimum Gasteiger partial charge on any atom is -0.478 e. The van der Waals surface area contributed by atoms with Crippen molar-refractivity contribution in [2.24, 2.45) is 0 Å². The molecule has 9 heteroatoms. The number of hydrogen-bond donors (Lipinski definition) is 2. The number of thiazole rings is 1. The topological polar surface area (TPSA) is 110 Å². The molecule has 1 saturated carbocycles. The molecule has 0 aliphatic heterocycles. The Kier molecular flexibility index (Phi) is 6.18. The Morgan fingerprint density at radius 3 is 2.73 bits per heavy atom. The summed E-state index contributed by atoms with van der Waals surface area (Å²) in [6.07, 6.45) is 8.10. The van der Waals surface area contributed by atoms with Crippen LogP contribution in [-0.4, -0.2) is 43.0 Å². The Hall–Kier alpha value is -3.07. The normalized spacial score (nSPS) is 18.8. The second kappa shape index (κ2) is 9.17. The number of carboxylic acids is 1. The van der Waals surface area contributed by atoms with E-state index in [1.165, 1.54) is 0 Å². The third-order valence-electron chi connectivity index (χ3n) is 5.50. The molecule has 1 aromatic carbocycles. The smallest absolute Gasteiger partial charge is 0.335 e. The van der Waals surface area contributed by atoms with Crippen molar-refractivity contribution in [3.05, 3.63) is 53.3 Å². The molecule has 4 rings (SSSR count). The van der Waals surface area contributed by atoms with Crippen LogP contribution in [0.4, 0.5) is 0 Å². The number of nitrogens with one attached hydrogen (secondary N) is 1. The second-order valence-corrected chi connectivity index (χ2v) is 8.37. The SMILES string of the molecule is O=C(CCc1ccccc1C(=O)O)NC1CCC(n2cc(-c3cncs3)nn2)CC1. The average Bonchev–Trinajstić information content (AvgIpc) is 3.45. The zero-order valence-corrected chi connectivity index (χ0v) is 17.2. The van der Waals surface area contributed by atoms with Gasteiger partial charge in [0.25, 0.3) is 0 Å². The van der Waals surface area contributed by atoms with Crippen LogP contribution < -0.4 is 5.32 Å². The molecule has 1 aliphatic rings. The third-order valence-corrected chi connectivity index (χ3v) is 6.30. The maximum atomic E-state index is 12.4. The van der Waals surface area contributed by atoms with Crippen LogP contribution in [-0.2, 0) is 11.2 Å². The number of aromatic nitrogens is 4. The van der Waals surface area contributed by atoms with Crippen LogP contribution in [0.1, 0.15) is 54.1 Å². The number of aromatic carboxylic acids is 1. The van der Waals surface area contributed by atoms with E-state index in [0.717, 1.165) is 36.3 Å². The molecule has 1 fully saturated rings. The largest absolute Gasteiger partial charge is 0.478 e. The van der Waals surface area contributed by atoms with Gasteiger partial charge < -0.3 is 10.4 Å². The standard InChI is InChI=1S/C21H23N5O3S/c27-20(10-5-14-3-1-2-4-17(14)21(28)29)23-15-6-8-16(9-7-15)26-12-18(24-25-26)19-11-22-13-30-19/h1-4,11-13,15-16H,5-10H2,(H,23,27)(H,28,29). The minimum atomic E-state index is -0.962. The Morgan fingerprint density at radius 2 is 2.00 bits per heavy atom. The highest BCUT2D eigenvalue weighted by Crippen LogP contribution is 2.29. The van der Waals surface area contributed by atoms with Crippen LogP contribution in [0.2, 0.25) is 0 Å². The van der Waals surface area contributed by atoms with Gasteiger partial charge in [-0.25, -0.2) is 9.48 Å². The lowest BCUT2D eigenvalue weighted by molar-refractivity contribution is -0.122. The average molecular weight is 426 g/mol. The van der Waals surface area contributed by atoms with Gasteiger partial charge in [0.2, 0.25) is 5.91 Å². The lowest BCUT2D eigenvalue weighted by atomic mass is 9.91. The maximum Gasteiger partial charge on any atom is 0.335 e. The molecule has 0 spiro atoms. The Morgan fingerprint density at radius 1 is 1.20 bits per heavy atom. The van der Waals surface area contributed by atoms with Crippen LogP contribution >= 0.6 is 11.3 Å². The number of nitrogens with zero attached hydrogens (tertiary/aromatic N) is 4. The van der Waals surface area contributed by atoms with E-state index in [0.29, 0.717) is 12.0 Å². The summed E-state index contributed by atoms with van der Waals surface area (Å²) in [7, 11) is 0. The van der Waals surface area contributed by atoms with Crippen molar-refractivity contribution >= 4 is 23.2 Å². The zero-order chi connectivity index (χ0) is 20.9. The van der Waals surface area contributed by atoms with Crippen molar-refractivity contribution in [1.29, 1.82) is 0 Å². The summed E-state index contributed by atoms with van der Waals surface area (Å²) >= 11 is 1.54. The van der Waals surface area contributed by atoms with Gasteiger partial charge in [0.05, 0.1) is 28.2 Å². The summed E-state index contributed by atoms with van der Waals surface area (Å²) in [5.74, 6) is -0.997. The fraction of sp³-hybridized carbons (Fsp3) is 0.381. The lowest BCUT2D eigenvalue weighted by Gasteiger charge is -2.29. The van der Waals surface area contributed by atoms with Crippen LogP contribution in [0.25, 0.3) is 10.6 Å². The number of amides is 1. The molecule has 0 radical (unpaired) electrons. The summed E-state index contributed by atoms with van der Waals surface area (Å²) in [6.45, 7) is 0. The van der Waals surface area contributed by atoms with Crippen LogP contribution in [0.15, 0.2) is 42.2 Å². The highest BCUT2D eigenvalue weighted by molar-refractivity contribution is 7.13. The first-order chi connectivity index (χ1) is 14.6. The van der Waals surface area contributed by atoms with Gasteiger partial charge in [0.1, 0.15) is 5.69 Å². The summed E-state index contributed by atoms with van der Waals surface area (Å²) in [4.78, 5) is 28.7. The van der Waals surface area contributed by atoms with E-state index >= 15 is 0 Å². The van der Waals surface area contributed by atoms with E-state index in [1.54, 1.807) is 47.3 Å². The molecule has 0 bridgehead atoms.